The van der Waals surface area contributed by atoms with Crippen LogP contribution >= 0.6 is 0 Å². The van der Waals surface area contributed by atoms with Crippen LogP contribution in [0.4, 0.5) is 0 Å². The topological polar surface area (TPSA) is 84.6 Å². The first-order valence-electron chi connectivity index (χ1n) is 4.87. The highest BCUT2D eigenvalue weighted by atomic mass is 16.5. The summed E-state index contributed by atoms with van der Waals surface area (Å²) in [7, 11) is 0. The number of ether oxygens (including phenoxy) is 1. The van der Waals surface area contributed by atoms with Crippen molar-refractivity contribution >= 4 is 5.91 Å². The fourth-order valence-corrected chi connectivity index (χ4v) is 1.38. The maximum Gasteiger partial charge on any atom is 0.240 e. The van der Waals surface area contributed by atoms with Gasteiger partial charge in [-0.05, 0) is 19.8 Å². The van der Waals surface area contributed by atoms with Crippen LogP contribution in [0.3, 0.4) is 0 Å². The first-order valence-corrected chi connectivity index (χ1v) is 4.87. The molecule has 5 nitrogen and oxygen atoms in total. The lowest BCUT2D eigenvalue weighted by atomic mass is 9.90. The predicted molar refractivity (Wildman–Crippen MR) is 51.7 cm³/mol. The van der Waals surface area contributed by atoms with Gasteiger partial charge in [-0.2, -0.15) is 0 Å². The highest BCUT2D eigenvalue weighted by Gasteiger charge is 2.35. The van der Waals surface area contributed by atoms with Crippen LogP contribution in [0.25, 0.3) is 0 Å². The van der Waals surface area contributed by atoms with Crippen LogP contribution in [0.5, 0.6) is 0 Å². The van der Waals surface area contributed by atoms with E-state index >= 15 is 0 Å². The minimum Gasteiger partial charge on any atom is -0.392 e. The summed E-state index contributed by atoms with van der Waals surface area (Å²) in [4.78, 5) is 11.6. The molecular formula is C9H18N2O3. The van der Waals surface area contributed by atoms with Crippen molar-refractivity contribution in [3.8, 4) is 0 Å². The van der Waals surface area contributed by atoms with Crippen LogP contribution in [0.1, 0.15) is 19.8 Å². The maximum absolute atomic E-state index is 11.6. The molecule has 14 heavy (non-hydrogen) atoms. The molecule has 82 valence electrons. The van der Waals surface area contributed by atoms with Gasteiger partial charge in [0.2, 0.25) is 5.91 Å². The first-order chi connectivity index (χ1) is 6.54. The second-order valence-electron chi connectivity index (χ2n) is 3.83. The number of hydrogen-bond donors (Lipinski definition) is 3. The van der Waals surface area contributed by atoms with Gasteiger partial charge >= 0.3 is 0 Å². The van der Waals surface area contributed by atoms with Crippen molar-refractivity contribution in [2.75, 3.05) is 19.8 Å². The van der Waals surface area contributed by atoms with Crippen LogP contribution in [0, 0.1) is 0 Å². The molecule has 0 aromatic heterocycles. The molecule has 0 unspecified atom stereocenters. The van der Waals surface area contributed by atoms with E-state index < -0.39 is 11.6 Å². The molecule has 1 rings (SSSR count). The molecule has 0 aromatic rings. The summed E-state index contributed by atoms with van der Waals surface area (Å²) in [6.45, 7) is 2.92. The van der Waals surface area contributed by atoms with E-state index in [0.29, 0.717) is 26.1 Å². The van der Waals surface area contributed by atoms with E-state index in [9.17, 15) is 4.79 Å². The predicted octanol–water partition coefficient (Wildman–Crippen LogP) is -1.01. The number of hydrogen-bond acceptors (Lipinski definition) is 4. The molecule has 1 fully saturated rings. The molecule has 0 aromatic carbocycles. The number of nitrogens with two attached hydrogens (primary N) is 1. The van der Waals surface area contributed by atoms with Gasteiger partial charge < -0.3 is 20.9 Å². The van der Waals surface area contributed by atoms with Crippen LogP contribution < -0.4 is 11.1 Å². The zero-order valence-electron chi connectivity index (χ0n) is 8.45. The highest BCUT2D eigenvalue weighted by molar-refractivity contribution is 5.86. The molecule has 1 atom stereocenters. The number of aliphatic hydroxyl groups excluding tert-OH is 1. The largest absolute Gasteiger partial charge is 0.392 e. The van der Waals surface area contributed by atoms with Gasteiger partial charge in [0.1, 0.15) is 0 Å². The highest BCUT2D eigenvalue weighted by Crippen LogP contribution is 2.17. The Labute approximate surface area is 83.6 Å². The molecule has 4 N–H and O–H groups in total. The normalized spacial score (nSPS) is 22.8. The van der Waals surface area contributed by atoms with Gasteiger partial charge in [-0.15, -0.1) is 0 Å². The number of carbonyl (C=O) groups is 1. The van der Waals surface area contributed by atoms with E-state index in [1.807, 2.05) is 0 Å². The Morgan fingerprint density at radius 1 is 1.64 bits per heavy atom. The number of carbonyl (C=O) groups excluding carboxylic acids is 1. The van der Waals surface area contributed by atoms with Crippen molar-refractivity contribution in [1.29, 1.82) is 0 Å². The third-order valence-corrected chi connectivity index (χ3v) is 2.40. The summed E-state index contributed by atoms with van der Waals surface area (Å²) in [5, 5.41) is 11.6. The fourth-order valence-electron chi connectivity index (χ4n) is 1.38. The summed E-state index contributed by atoms with van der Waals surface area (Å²) in [5.74, 6) is -0.193. The summed E-state index contributed by atoms with van der Waals surface area (Å²) in [6.07, 6.45) is 0.541. The molecule has 0 radical (unpaired) electrons. The molecule has 1 aliphatic heterocycles. The van der Waals surface area contributed by atoms with E-state index in [-0.39, 0.29) is 12.5 Å². The maximum atomic E-state index is 11.6. The van der Waals surface area contributed by atoms with E-state index in [0.717, 1.165) is 0 Å². The van der Waals surface area contributed by atoms with Gasteiger partial charge in [-0.1, -0.05) is 0 Å². The number of amides is 1. The standard InChI is InChI=1S/C9H18N2O3/c1-7(12)6-11-8(13)9(10)2-4-14-5-3-9/h7,12H,2-6,10H2,1H3,(H,11,13)/t7-/m0/s1. The van der Waals surface area contributed by atoms with Gasteiger partial charge in [0.15, 0.2) is 0 Å². The van der Waals surface area contributed by atoms with Gasteiger partial charge in [0, 0.05) is 19.8 Å². The van der Waals surface area contributed by atoms with Crippen LogP contribution in [0.2, 0.25) is 0 Å². The molecule has 1 saturated heterocycles. The van der Waals surface area contributed by atoms with E-state index in [2.05, 4.69) is 5.32 Å². The van der Waals surface area contributed by atoms with Crippen molar-refractivity contribution < 1.29 is 14.6 Å². The van der Waals surface area contributed by atoms with Crippen molar-refractivity contribution in [3.05, 3.63) is 0 Å². The second-order valence-corrected chi connectivity index (χ2v) is 3.83. The lowest BCUT2D eigenvalue weighted by Crippen LogP contribution is -2.57. The summed E-state index contributed by atoms with van der Waals surface area (Å²) >= 11 is 0. The summed E-state index contributed by atoms with van der Waals surface area (Å²) in [5.41, 5.74) is 5.10. The van der Waals surface area contributed by atoms with E-state index in [1.165, 1.54) is 0 Å². The Morgan fingerprint density at radius 3 is 2.71 bits per heavy atom. The third kappa shape index (κ3) is 2.94. The number of nitrogens with one attached hydrogen (secondary N) is 1. The van der Waals surface area contributed by atoms with Crippen molar-refractivity contribution in [3.63, 3.8) is 0 Å². The van der Waals surface area contributed by atoms with Gasteiger partial charge in [0.05, 0.1) is 11.6 Å². The van der Waals surface area contributed by atoms with Crippen molar-refractivity contribution in [2.24, 2.45) is 5.73 Å². The first kappa shape index (κ1) is 11.4. The Morgan fingerprint density at radius 2 is 2.21 bits per heavy atom. The minimum absolute atomic E-state index is 0.193. The van der Waals surface area contributed by atoms with Crippen LogP contribution in [-0.4, -0.2) is 42.4 Å². The second kappa shape index (κ2) is 4.72. The van der Waals surface area contributed by atoms with E-state index in [4.69, 9.17) is 15.6 Å². The molecule has 1 amide bonds. The minimum atomic E-state index is -0.812. The lowest BCUT2D eigenvalue weighted by molar-refractivity contribution is -0.130. The SMILES string of the molecule is C[C@H](O)CNC(=O)C1(N)CCOCC1. The molecule has 0 spiro atoms. The average molecular weight is 202 g/mol. The fraction of sp³-hybridized carbons (Fsp3) is 0.889. The van der Waals surface area contributed by atoms with Gasteiger partial charge in [0.25, 0.3) is 0 Å². The Bertz CT molecular complexity index is 200. The molecule has 0 aliphatic carbocycles. The Kier molecular flexibility index (Phi) is 3.86. The molecule has 0 saturated carbocycles. The average Bonchev–Trinajstić information content (AvgIpc) is 2.15. The quantitative estimate of drug-likeness (QED) is 0.547. The molecule has 5 heteroatoms. The number of rotatable bonds is 3. The summed E-state index contributed by atoms with van der Waals surface area (Å²) < 4.78 is 5.13. The van der Waals surface area contributed by atoms with Gasteiger partial charge in [-0.25, -0.2) is 0 Å². The van der Waals surface area contributed by atoms with Crippen molar-refractivity contribution in [2.45, 2.75) is 31.4 Å². The van der Waals surface area contributed by atoms with E-state index in [1.54, 1.807) is 6.92 Å². The zero-order valence-corrected chi connectivity index (χ0v) is 8.45. The smallest absolute Gasteiger partial charge is 0.240 e. The summed E-state index contributed by atoms with van der Waals surface area (Å²) in [6, 6.07) is 0. The number of aliphatic hydroxyl groups is 1. The van der Waals surface area contributed by atoms with Crippen LogP contribution in [0.15, 0.2) is 0 Å². The molecule has 1 heterocycles. The molecule has 0 bridgehead atoms. The monoisotopic (exact) mass is 202 g/mol. The molecule has 1 aliphatic rings. The Hall–Kier alpha value is -0.650. The molecular weight excluding hydrogens is 184 g/mol. The lowest BCUT2D eigenvalue weighted by Gasteiger charge is -2.31. The van der Waals surface area contributed by atoms with Crippen molar-refractivity contribution in [1.82, 2.24) is 5.32 Å². The zero-order chi connectivity index (χ0) is 10.6. The van der Waals surface area contributed by atoms with Crippen LogP contribution in [-0.2, 0) is 9.53 Å². The Balaban J connectivity index is 2.41. The third-order valence-electron chi connectivity index (χ3n) is 2.40. The van der Waals surface area contributed by atoms with Gasteiger partial charge in [-0.3, -0.25) is 4.79 Å².